The van der Waals surface area contributed by atoms with Crippen molar-refractivity contribution < 1.29 is 33.1 Å². The van der Waals surface area contributed by atoms with Gasteiger partial charge in [0.25, 0.3) is 0 Å². The molecule has 1 aromatic carbocycles. The molecule has 0 aliphatic carbocycles. The first-order valence-corrected chi connectivity index (χ1v) is 10.3. The Morgan fingerprint density at radius 2 is 1.68 bits per heavy atom. The van der Waals surface area contributed by atoms with E-state index in [4.69, 9.17) is 23.5 Å². The number of ether oxygens (including phenoxy) is 3. The van der Waals surface area contributed by atoms with Crippen molar-refractivity contribution in [1.82, 2.24) is 5.32 Å². The smallest absolute Gasteiger partial charge is 0.497 e. The minimum Gasteiger partial charge on any atom is -0.497 e. The fourth-order valence-electron chi connectivity index (χ4n) is 3.09. The van der Waals surface area contributed by atoms with E-state index in [1.807, 2.05) is 39.8 Å². The summed E-state index contributed by atoms with van der Waals surface area (Å²) in [6.45, 7) is 13.1. The summed E-state index contributed by atoms with van der Waals surface area (Å²) in [5.74, 6) is 0.0378. The second kappa shape index (κ2) is 9.08. The molecule has 1 saturated heterocycles. The molecule has 1 aromatic rings. The molecular weight excluding hydrogens is 401 g/mol. The monoisotopic (exact) mass is 435 g/mol. The minimum absolute atomic E-state index is 0.197. The van der Waals surface area contributed by atoms with Gasteiger partial charge in [0.1, 0.15) is 17.4 Å². The van der Waals surface area contributed by atoms with Gasteiger partial charge < -0.3 is 28.8 Å². The number of nitrogens with one attached hydrogen (secondary N) is 1. The van der Waals surface area contributed by atoms with E-state index in [-0.39, 0.29) is 6.42 Å². The number of alkyl carbamates (subject to hydrolysis) is 1. The third-order valence-corrected chi connectivity index (χ3v) is 5.42. The van der Waals surface area contributed by atoms with E-state index in [0.29, 0.717) is 11.2 Å². The van der Waals surface area contributed by atoms with Crippen molar-refractivity contribution in [2.24, 2.45) is 0 Å². The second-order valence-electron chi connectivity index (χ2n) is 9.59. The molecule has 9 heteroatoms. The van der Waals surface area contributed by atoms with E-state index < -0.39 is 42.0 Å². The molecule has 8 nitrogen and oxygen atoms in total. The van der Waals surface area contributed by atoms with Gasteiger partial charge in [-0.1, -0.05) is 12.1 Å². The average Bonchev–Trinajstić information content (AvgIpc) is 2.86. The van der Waals surface area contributed by atoms with E-state index in [2.05, 4.69) is 5.32 Å². The summed E-state index contributed by atoms with van der Waals surface area (Å²) in [6.07, 6.45) is -0.495. The summed E-state index contributed by atoms with van der Waals surface area (Å²) in [6, 6.07) is 4.55. The van der Waals surface area contributed by atoms with Gasteiger partial charge in [-0.25, -0.2) is 9.59 Å². The van der Waals surface area contributed by atoms with Gasteiger partial charge in [-0.05, 0) is 60.1 Å². The van der Waals surface area contributed by atoms with Gasteiger partial charge in [0.2, 0.25) is 0 Å². The lowest BCUT2D eigenvalue weighted by Gasteiger charge is -2.32. The molecule has 0 aromatic heterocycles. The molecule has 1 atom stereocenters. The first-order chi connectivity index (χ1) is 14.2. The van der Waals surface area contributed by atoms with Crippen molar-refractivity contribution >= 4 is 24.6 Å². The number of carbonyl (C=O) groups excluding carboxylic acids is 2. The molecule has 1 aliphatic heterocycles. The number of methoxy groups -OCH3 is 2. The molecule has 172 valence electrons. The summed E-state index contributed by atoms with van der Waals surface area (Å²) in [7, 11) is 2.22. The highest BCUT2D eigenvalue weighted by Gasteiger charge is 2.52. The van der Waals surface area contributed by atoms with Crippen LogP contribution in [0, 0.1) is 0 Å². The largest absolute Gasteiger partial charge is 0.498 e. The van der Waals surface area contributed by atoms with Crippen LogP contribution in [0.5, 0.6) is 5.75 Å². The van der Waals surface area contributed by atoms with E-state index in [0.717, 1.165) is 5.56 Å². The molecule has 0 bridgehead atoms. The molecular formula is C22H34BNO7. The normalized spacial score (nSPS) is 18.3. The van der Waals surface area contributed by atoms with Gasteiger partial charge in [0, 0.05) is 11.9 Å². The minimum atomic E-state index is -0.917. The van der Waals surface area contributed by atoms with Crippen LogP contribution in [-0.2, 0) is 30.0 Å². The van der Waals surface area contributed by atoms with Crippen LogP contribution in [0.25, 0.3) is 0 Å². The first-order valence-electron chi connectivity index (χ1n) is 10.3. The van der Waals surface area contributed by atoms with Gasteiger partial charge in [-0.15, -0.1) is 0 Å². The van der Waals surface area contributed by atoms with E-state index in [9.17, 15) is 9.59 Å². The SMILES string of the molecule is COC(=O)C(Cc1ccc(OC)c(B2OC(C)(C)C(C)(C)O2)c1)NC(=O)OC(C)(C)C. The van der Waals surface area contributed by atoms with E-state index in [1.165, 1.54) is 7.11 Å². The van der Waals surface area contributed by atoms with Crippen LogP contribution >= 0.6 is 0 Å². The lowest BCUT2D eigenvalue weighted by molar-refractivity contribution is -0.143. The Morgan fingerprint density at radius 1 is 1.10 bits per heavy atom. The van der Waals surface area contributed by atoms with Gasteiger partial charge in [0.05, 0.1) is 25.4 Å². The molecule has 1 heterocycles. The van der Waals surface area contributed by atoms with Gasteiger partial charge >= 0.3 is 19.2 Å². The summed E-state index contributed by atoms with van der Waals surface area (Å²) >= 11 is 0. The molecule has 1 unspecified atom stereocenters. The number of carbonyl (C=O) groups is 2. The number of benzene rings is 1. The first kappa shape index (κ1) is 25.0. The Balaban J connectivity index is 2.28. The Labute approximate surface area is 185 Å². The lowest BCUT2D eigenvalue weighted by Crippen LogP contribution is -2.45. The van der Waals surface area contributed by atoms with Crippen molar-refractivity contribution in [3.8, 4) is 5.75 Å². The molecule has 0 saturated carbocycles. The maximum absolute atomic E-state index is 12.3. The van der Waals surface area contributed by atoms with Crippen molar-refractivity contribution in [3.05, 3.63) is 23.8 Å². The van der Waals surface area contributed by atoms with Crippen LogP contribution in [-0.4, -0.2) is 56.2 Å². The highest BCUT2D eigenvalue weighted by molar-refractivity contribution is 6.63. The molecule has 2 rings (SSSR count). The van der Waals surface area contributed by atoms with E-state index in [1.54, 1.807) is 33.9 Å². The summed E-state index contributed by atoms with van der Waals surface area (Å²) < 4.78 is 27.9. The third-order valence-electron chi connectivity index (χ3n) is 5.42. The Hall–Kier alpha value is -2.26. The van der Waals surface area contributed by atoms with Gasteiger partial charge in [-0.2, -0.15) is 0 Å². The summed E-state index contributed by atoms with van der Waals surface area (Å²) in [4.78, 5) is 24.5. The average molecular weight is 435 g/mol. The summed E-state index contributed by atoms with van der Waals surface area (Å²) in [5, 5.41) is 2.59. The molecule has 1 aliphatic rings. The quantitative estimate of drug-likeness (QED) is 0.543. The van der Waals surface area contributed by atoms with E-state index >= 15 is 0 Å². The standard InChI is InChI=1S/C22H34BNO7/c1-20(2,3)29-19(26)24-16(18(25)28-9)13-14-10-11-17(27-8)15(12-14)23-30-21(4,5)22(6,7)31-23/h10-12,16H,13H2,1-9H3,(H,24,26). The zero-order valence-corrected chi connectivity index (χ0v) is 20.0. The molecule has 0 radical (unpaired) electrons. The number of rotatable bonds is 6. The number of hydrogen-bond donors (Lipinski definition) is 1. The maximum Gasteiger partial charge on any atom is 0.498 e. The van der Waals surface area contributed by atoms with Crippen molar-refractivity contribution in [2.45, 2.75) is 77.7 Å². The number of esters is 1. The highest BCUT2D eigenvalue weighted by atomic mass is 16.7. The Morgan fingerprint density at radius 3 is 2.16 bits per heavy atom. The Bertz CT molecular complexity index is 801. The zero-order valence-electron chi connectivity index (χ0n) is 20.0. The second-order valence-corrected chi connectivity index (χ2v) is 9.59. The lowest BCUT2D eigenvalue weighted by atomic mass is 9.77. The topological polar surface area (TPSA) is 92.3 Å². The van der Waals surface area contributed by atoms with Crippen LogP contribution in [0.1, 0.15) is 54.0 Å². The van der Waals surface area contributed by atoms with Crippen LogP contribution in [0.15, 0.2) is 18.2 Å². The van der Waals surface area contributed by atoms with Crippen molar-refractivity contribution in [2.75, 3.05) is 14.2 Å². The molecule has 31 heavy (non-hydrogen) atoms. The molecule has 0 spiro atoms. The molecule has 1 N–H and O–H groups in total. The Kier molecular flexibility index (Phi) is 7.33. The molecule has 1 fully saturated rings. The number of amides is 1. The molecule has 1 amide bonds. The number of hydrogen-bond acceptors (Lipinski definition) is 7. The van der Waals surface area contributed by atoms with Gasteiger partial charge in [0.15, 0.2) is 0 Å². The van der Waals surface area contributed by atoms with Crippen LogP contribution < -0.4 is 15.5 Å². The van der Waals surface area contributed by atoms with Crippen LogP contribution in [0.2, 0.25) is 0 Å². The summed E-state index contributed by atoms with van der Waals surface area (Å²) in [5.41, 5.74) is -0.220. The highest BCUT2D eigenvalue weighted by Crippen LogP contribution is 2.37. The predicted octanol–water partition coefficient (Wildman–Crippen LogP) is 2.60. The van der Waals surface area contributed by atoms with Crippen LogP contribution in [0.3, 0.4) is 0 Å². The third kappa shape index (κ3) is 6.14. The maximum atomic E-state index is 12.3. The van der Waals surface area contributed by atoms with Crippen molar-refractivity contribution in [1.29, 1.82) is 0 Å². The fraction of sp³-hybridized carbons (Fsp3) is 0.636. The predicted molar refractivity (Wildman–Crippen MR) is 118 cm³/mol. The zero-order chi connectivity index (χ0) is 23.6. The van der Waals surface area contributed by atoms with Crippen LogP contribution in [0.4, 0.5) is 4.79 Å². The van der Waals surface area contributed by atoms with Gasteiger partial charge in [-0.3, -0.25) is 0 Å². The van der Waals surface area contributed by atoms with Crippen molar-refractivity contribution in [3.63, 3.8) is 0 Å². The fourth-order valence-corrected chi connectivity index (χ4v) is 3.09.